The largest absolute Gasteiger partial charge is 0.482 e. The Labute approximate surface area is 147 Å². The van der Waals surface area contributed by atoms with Gasteiger partial charge in [0.2, 0.25) is 0 Å². The predicted molar refractivity (Wildman–Crippen MR) is 94.4 cm³/mol. The van der Waals surface area contributed by atoms with Crippen LogP contribution in [0, 0.1) is 0 Å². The Morgan fingerprint density at radius 3 is 2.83 bits per heavy atom. The molecule has 1 fully saturated rings. The number of halogens is 1. The molecule has 0 bridgehead atoms. The van der Waals surface area contributed by atoms with E-state index in [9.17, 15) is 4.79 Å². The number of amides is 1. The van der Waals surface area contributed by atoms with Gasteiger partial charge in [-0.1, -0.05) is 30.2 Å². The molecule has 1 aromatic heterocycles. The highest BCUT2D eigenvalue weighted by Gasteiger charge is 2.23. The highest BCUT2D eigenvalue weighted by molar-refractivity contribution is 6.30. The van der Waals surface area contributed by atoms with Gasteiger partial charge >= 0.3 is 0 Å². The summed E-state index contributed by atoms with van der Waals surface area (Å²) >= 11 is 5.98. The van der Waals surface area contributed by atoms with Gasteiger partial charge in [-0.05, 0) is 42.7 Å². The van der Waals surface area contributed by atoms with Gasteiger partial charge < -0.3 is 9.64 Å². The fourth-order valence-corrected chi connectivity index (χ4v) is 3.17. The minimum absolute atomic E-state index is 0.0275. The molecule has 1 aliphatic rings. The van der Waals surface area contributed by atoms with Crippen LogP contribution >= 0.6 is 11.6 Å². The molecule has 126 valence electrons. The average molecular weight is 345 g/mol. The molecule has 1 unspecified atom stereocenters. The Kier molecular flexibility index (Phi) is 5.70. The smallest absolute Gasteiger partial charge is 0.260 e. The summed E-state index contributed by atoms with van der Waals surface area (Å²) in [6.07, 6.45) is 6.55. The van der Waals surface area contributed by atoms with Crippen molar-refractivity contribution in [2.24, 2.45) is 0 Å². The molecule has 0 radical (unpaired) electrons. The van der Waals surface area contributed by atoms with Crippen molar-refractivity contribution in [1.82, 2.24) is 9.88 Å². The highest BCUT2D eigenvalue weighted by atomic mass is 35.5. The first kappa shape index (κ1) is 16.8. The molecule has 0 saturated carbocycles. The van der Waals surface area contributed by atoms with Crippen LogP contribution in [0.15, 0.2) is 48.8 Å². The number of rotatable bonds is 4. The molecule has 0 aliphatic carbocycles. The topological polar surface area (TPSA) is 42.4 Å². The number of nitrogens with zero attached hydrogens (tertiary/aromatic N) is 2. The number of likely N-dealkylation sites (tertiary alicyclic amines) is 1. The van der Waals surface area contributed by atoms with Crippen LogP contribution in [0.3, 0.4) is 0 Å². The summed E-state index contributed by atoms with van der Waals surface area (Å²) in [7, 11) is 0. The van der Waals surface area contributed by atoms with Gasteiger partial charge in [-0.25, -0.2) is 0 Å². The summed E-state index contributed by atoms with van der Waals surface area (Å²) in [4.78, 5) is 18.4. The summed E-state index contributed by atoms with van der Waals surface area (Å²) in [5.74, 6) is 1.00. The van der Waals surface area contributed by atoms with E-state index in [-0.39, 0.29) is 12.5 Å². The van der Waals surface area contributed by atoms with E-state index < -0.39 is 0 Å². The third-order valence-electron chi connectivity index (χ3n) is 4.36. The summed E-state index contributed by atoms with van der Waals surface area (Å²) in [5.41, 5.74) is 1.24. The van der Waals surface area contributed by atoms with Gasteiger partial charge in [-0.3, -0.25) is 9.78 Å². The number of benzene rings is 1. The zero-order valence-corrected chi connectivity index (χ0v) is 14.3. The molecule has 0 N–H and O–H groups in total. The summed E-state index contributed by atoms with van der Waals surface area (Å²) in [5, 5.41) is 0.741. The second-order valence-electron chi connectivity index (χ2n) is 6.06. The Hall–Kier alpha value is -2.07. The Balaban J connectivity index is 1.61. The molecule has 3 rings (SSSR count). The Bertz CT molecular complexity index is 661. The zero-order chi connectivity index (χ0) is 16.8. The van der Waals surface area contributed by atoms with Gasteiger partial charge in [0.05, 0.1) is 6.20 Å². The fraction of sp³-hybridized carbons (Fsp3) is 0.368. The molecule has 1 aliphatic heterocycles. The Morgan fingerprint density at radius 1 is 1.25 bits per heavy atom. The maximum atomic E-state index is 12.5. The van der Waals surface area contributed by atoms with Crippen molar-refractivity contribution in [3.05, 3.63) is 59.4 Å². The van der Waals surface area contributed by atoms with Crippen LogP contribution in [0.5, 0.6) is 5.75 Å². The molecule has 24 heavy (non-hydrogen) atoms. The number of hydrogen-bond acceptors (Lipinski definition) is 3. The number of carbonyl (C=O) groups is 1. The van der Waals surface area contributed by atoms with E-state index in [0.717, 1.165) is 37.4 Å². The number of aromatic nitrogens is 1. The molecule has 1 aromatic carbocycles. The maximum absolute atomic E-state index is 12.5. The van der Waals surface area contributed by atoms with Crippen LogP contribution in [0.2, 0.25) is 5.02 Å². The molecular weight excluding hydrogens is 324 g/mol. The molecule has 0 spiro atoms. The monoisotopic (exact) mass is 344 g/mol. The second-order valence-corrected chi connectivity index (χ2v) is 6.50. The van der Waals surface area contributed by atoms with Crippen LogP contribution in [-0.2, 0) is 4.79 Å². The van der Waals surface area contributed by atoms with Crippen molar-refractivity contribution in [1.29, 1.82) is 0 Å². The van der Waals surface area contributed by atoms with Crippen molar-refractivity contribution in [2.75, 3.05) is 19.7 Å². The minimum Gasteiger partial charge on any atom is -0.482 e. The zero-order valence-electron chi connectivity index (χ0n) is 13.5. The van der Waals surface area contributed by atoms with E-state index in [0.29, 0.717) is 11.7 Å². The quantitative estimate of drug-likeness (QED) is 0.844. The third-order valence-corrected chi connectivity index (χ3v) is 4.61. The van der Waals surface area contributed by atoms with Crippen molar-refractivity contribution in [3.8, 4) is 5.75 Å². The van der Waals surface area contributed by atoms with Gasteiger partial charge in [0, 0.05) is 30.2 Å². The SMILES string of the molecule is O=C(COc1cccnc1)N1CCCCC(c2ccc(Cl)cc2)C1. The van der Waals surface area contributed by atoms with Gasteiger partial charge in [-0.15, -0.1) is 0 Å². The molecule has 1 saturated heterocycles. The molecule has 4 nitrogen and oxygen atoms in total. The van der Waals surface area contributed by atoms with Crippen LogP contribution in [0.4, 0.5) is 0 Å². The van der Waals surface area contributed by atoms with Gasteiger partial charge in [0.15, 0.2) is 6.61 Å². The van der Waals surface area contributed by atoms with E-state index in [1.54, 1.807) is 24.5 Å². The lowest BCUT2D eigenvalue weighted by Crippen LogP contribution is -2.37. The van der Waals surface area contributed by atoms with Crippen molar-refractivity contribution in [3.63, 3.8) is 0 Å². The van der Waals surface area contributed by atoms with Crippen molar-refractivity contribution >= 4 is 17.5 Å². The lowest BCUT2D eigenvalue weighted by Gasteiger charge is -2.25. The van der Waals surface area contributed by atoms with E-state index in [1.165, 1.54) is 5.56 Å². The van der Waals surface area contributed by atoms with E-state index in [4.69, 9.17) is 16.3 Å². The van der Waals surface area contributed by atoms with Gasteiger partial charge in [-0.2, -0.15) is 0 Å². The van der Waals surface area contributed by atoms with Crippen LogP contribution in [0.1, 0.15) is 30.7 Å². The fourth-order valence-electron chi connectivity index (χ4n) is 3.04. The summed E-state index contributed by atoms with van der Waals surface area (Å²) in [6.45, 7) is 1.58. The standard InChI is InChI=1S/C19H21ClN2O2/c20-17-8-6-15(7-9-17)16-4-1-2-11-22(13-16)19(23)14-24-18-5-3-10-21-12-18/h3,5-10,12,16H,1-2,4,11,13-14H2. The van der Waals surface area contributed by atoms with E-state index >= 15 is 0 Å². The summed E-state index contributed by atoms with van der Waals surface area (Å²) in [6, 6.07) is 11.6. The third kappa shape index (κ3) is 4.48. The van der Waals surface area contributed by atoms with Crippen LogP contribution < -0.4 is 4.74 Å². The lowest BCUT2D eigenvalue weighted by atomic mass is 9.94. The van der Waals surface area contributed by atoms with Crippen LogP contribution in [0.25, 0.3) is 0 Å². The molecule has 2 heterocycles. The predicted octanol–water partition coefficient (Wildman–Crippen LogP) is 3.91. The first-order valence-electron chi connectivity index (χ1n) is 8.28. The number of carbonyl (C=O) groups excluding carboxylic acids is 1. The number of ether oxygens (including phenoxy) is 1. The van der Waals surface area contributed by atoms with Crippen LogP contribution in [-0.4, -0.2) is 35.5 Å². The summed E-state index contributed by atoms with van der Waals surface area (Å²) < 4.78 is 5.55. The van der Waals surface area contributed by atoms with Gasteiger partial charge in [0.25, 0.3) is 5.91 Å². The van der Waals surface area contributed by atoms with E-state index in [1.807, 2.05) is 17.0 Å². The molecule has 1 amide bonds. The molecule has 5 heteroatoms. The van der Waals surface area contributed by atoms with E-state index in [2.05, 4.69) is 17.1 Å². The maximum Gasteiger partial charge on any atom is 0.260 e. The Morgan fingerprint density at radius 2 is 2.08 bits per heavy atom. The number of hydrogen-bond donors (Lipinski definition) is 0. The lowest BCUT2D eigenvalue weighted by molar-refractivity contribution is -0.133. The molecule has 2 aromatic rings. The normalized spacial score (nSPS) is 18.0. The van der Waals surface area contributed by atoms with Crippen molar-refractivity contribution < 1.29 is 9.53 Å². The van der Waals surface area contributed by atoms with Crippen molar-refractivity contribution in [2.45, 2.75) is 25.2 Å². The first-order chi connectivity index (χ1) is 11.7. The number of pyridine rings is 1. The second kappa shape index (κ2) is 8.15. The molecule has 1 atom stereocenters. The average Bonchev–Trinajstić information content (AvgIpc) is 2.87. The minimum atomic E-state index is 0.0275. The molecular formula is C19H21ClN2O2. The van der Waals surface area contributed by atoms with Gasteiger partial charge in [0.1, 0.15) is 5.75 Å². The first-order valence-corrected chi connectivity index (χ1v) is 8.66. The highest BCUT2D eigenvalue weighted by Crippen LogP contribution is 2.27.